The summed E-state index contributed by atoms with van der Waals surface area (Å²) in [5.41, 5.74) is 0. The Balaban J connectivity index is 0.000000352. The van der Waals surface area contributed by atoms with Crippen LogP contribution < -0.4 is 0 Å². The summed E-state index contributed by atoms with van der Waals surface area (Å²) >= 11 is 0. The smallest absolute Gasteiger partial charge is 0.307 e. The lowest BCUT2D eigenvalue weighted by molar-refractivity contribution is -0.145. The van der Waals surface area contributed by atoms with E-state index in [1.807, 2.05) is 41.5 Å². The summed E-state index contributed by atoms with van der Waals surface area (Å²) in [6.45, 7) is 33.8. The predicted molar refractivity (Wildman–Crippen MR) is 360 cm³/mol. The molecule has 18 nitrogen and oxygen atoms in total. The number of carbonyl (C=O) groups is 6. The summed E-state index contributed by atoms with van der Waals surface area (Å²) in [5, 5.41) is 0. The fraction of sp³-hybridized carbons (Fsp3) is 0.917. The molecule has 6 rings (SSSR count). The van der Waals surface area contributed by atoms with Gasteiger partial charge in [0.15, 0.2) is 0 Å². The molecule has 0 radical (unpaired) electrons. The number of likely N-dealkylation sites (tertiary alicyclic amines) is 6. The van der Waals surface area contributed by atoms with E-state index in [0.29, 0.717) is 78.2 Å². The van der Waals surface area contributed by atoms with Crippen molar-refractivity contribution in [3.63, 3.8) is 0 Å². The Bertz CT molecular complexity index is 1760. The Labute approximate surface area is 548 Å². The molecule has 0 aromatic rings. The maximum absolute atomic E-state index is 11.8. The van der Waals surface area contributed by atoms with Crippen LogP contribution in [-0.2, 0) is 57.2 Å². The molecule has 0 N–H and O–H groups in total. The van der Waals surface area contributed by atoms with Gasteiger partial charge in [-0.1, -0.05) is 68.2 Å². The molecule has 6 fully saturated rings. The fourth-order valence-corrected chi connectivity index (χ4v) is 13.8. The van der Waals surface area contributed by atoms with Gasteiger partial charge in [0, 0.05) is 52.4 Å². The van der Waals surface area contributed by atoms with Gasteiger partial charge in [0.2, 0.25) is 0 Å². The van der Waals surface area contributed by atoms with Gasteiger partial charge in [0.1, 0.15) is 0 Å². The molecule has 0 aromatic heterocycles. The van der Waals surface area contributed by atoms with E-state index in [2.05, 4.69) is 29.4 Å². The topological polar surface area (TPSA) is 177 Å². The summed E-state index contributed by atoms with van der Waals surface area (Å²) in [5.74, 6) is 4.51. The van der Waals surface area contributed by atoms with Crippen molar-refractivity contribution in [3.8, 4) is 0 Å². The lowest BCUT2D eigenvalue weighted by Gasteiger charge is -2.33. The van der Waals surface area contributed by atoms with Gasteiger partial charge < -0.3 is 57.8 Å². The van der Waals surface area contributed by atoms with Crippen LogP contribution in [-0.4, -0.2) is 223 Å². The number of piperidine rings is 2. The quantitative estimate of drug-likeness (QED) is 0.0421. The van der Waals surface area contributed by atoms with Crippen molar-refractivity contribution in [1.29, 1.82) is 0 Å². The molecule has 6 aliphatic heterocycles. The summed E-state index contributed by atoms with van der Waals surface area (Å²) in [6, 6.07) is 0. The maximum Gasteiger partial charge on any atom is 0.307 e. The number of esters is 6. The minimum atomic E-state index is -0.0656. The van der Waals surface area contributed by atoms with Crippen LogP contribution in [0, 0.1) is 35.5 Å². The van der Waals surface area contributed by atoms with E-state index < -0.39 is 0 Å². The minimum absolute atomic E-state index is 0. The molecule has 0 aliphatic carbocycles. The van der Waals surface area contributed by atoms with E-state index in [-0.39, 0.29) is 43.2 Å². The largest absolute Gasteiger partial charge is 0.466 e. The predicted octanol–water partition coefficient (Wildman–Crippen LogP) is 11.9. The second-order valence-electron chi connectivity index (χ2n) is 27.0. The first-order chi connectivity index (χ1) is 43.3. The minimum Gasteiger partial charge on any atom is -0.466 e. The average molecular weight is 1280 g/mol. The third-order valence-electron chi connectivity index (χ3n) is 19.2. The highest BCUT2D eigenvalue weighted by molar-refractivity contribution is 5.71. The van der Waals surface area contributed by atoms with Gasteiger partial charge in [-0.25, -0.2) is 0 Å². The second-order valence-corrected chi connectivity index (χ2v) is 27.0. The molecule has 0 bridgehead atoms. The molecule has 0 spiro atoms. The van der Waals surface area contributed by atoms with Gasteiger partial charge in [-0.2, -0.15) is 0 Å². The van der Waals surface area contributed by atoms with E-state index in [4.69, 9.17) is 28.4 Å². The third kappa shape index (κ3) is 38.1. The summed E-state index contributed by atoms with van der Waals surface area (Å²) < 4.78 is 31.1. The second kappa shape index (κ2) is 51.0. The molecule has 6 saturated heterocycles. The zero-order valence-corrected chi connectivity index (χ0v) is 57.5. The van der Waals surface area contributed by atoms with Crippen molar-refractivity contribution in [3.05, 3.63) is 0 Å². The standard InChI is InChI=1S/2C25H46N2O4.C21H38N2O4.CH4/c1-3-19-30-24(28)11-17-26-13-5-7-22(9-15-26)21-23-8-6-14-27(16-10-23)18-12-25(29)31-20-4-2;1-3-20-30-24(28)12-18-26-14-8-22(9-15-26)6-5-7-23-10-16-27(17-11-23)19-13-25(29)31-21-4-2;1-3-13-26-20(24)7-11-22-9-5-18(16-22)15-19-6-10-23(17-19)12-8-21(25)27-14-4-2;/h2*22-23H,3-21H2,1-2H3;18-19H,3-17H2,1-2H3;1H4. The highest BCUT2D eigenvalue weighted by Crippen LogP contribution is 2.32. The van der Waals surface area contributed by atoms with Crippen molar-refractivity contribution < 1.29 is 57.2 Å². The Kier molecular flexibility index (Phi) is 45.8. The van der Waals surface area contributed by atoms with Crippen LogP contribution in [0.3, 0.4) is 0 Å². The van der Waals surface area contributed by atoms with Gasteiger partial charge in [-0.3, -0.25) is 28.8 Å². The lowest BCUT2D eigenvalue weighted by Crippen LogP contribution is -2.36. The summed E-state index contributed by atoms with van der Waals surface area (Å²) in [4.78, 5) is 84.7. The molecule has 0 amide bonds. The Morgan fingerprint density at radius 2 is 0.511 bits per heavy atom. The molecular formula is C72H134N6O12. The van der Waals surface area contributed by atoms with Crippen LogP contribution in [0.2, 0.25) is 0 Å². The van der Waals surface area contributed by atoms with E-state index in [1.54, 1.807) is 0 Å². The van der Waals surface area contributed by atoms with Gasteiger partial charge in [-0.05, 0) is 229 Å². The molecule has 90 heavy (non-hydrogen) atoms. The highest BCUT2D eigenvalue weighted by Gasteiger charge is 2.31. The van der Waals surface area contributed by atoms with E-state index >= 15 is 0 Å². The van der Waals surface area contributed by atoms with Gasteiger partial charge in [0.25, 0.3) is 0 Å². The zero-order chi connectivity index (χ0) is 64.1. The maximum atomic E-state index is 11.8. The van der Waals surface area contributed by atoms with E-state index in [9.17, 15) is 28.8 Å². The molecule has 4 unspecified atom stereocenters. The number of hydrogen-bond acceptors (Lipinski definition) is 18. The average Bonchev–Trinajstić information content (AvgIpc) is 4.28. The Morgan fingerprint density at radius 1 is 0.289 bits per heavy atom. The lowest BCUT2D eigenvalue weighted by atomic mass is 9.85. The molecule has 0 aromatic carbocycles. The Hall–Kier alpha value is -3.42. The molecule has 6 aliphatic rings. The first kappa shape index (κ1) is 80.8. The number of ether oxygens (including phenoxy) is 6. The zero-order valence-electron chi connectivity index (χ0n) is 57.5. The van der Waals surface area contributed by atoms with E-state index in [0.717, 1.165) is 192 Å². The van der Waals surface area contributed by atoms with Crippen molar-refractivity contribution in [2.45, 2.75) is 235 Å². The van der Waals surface area contributed by atoms with Gasteiger partial charge in [0.05, 0.1) is 78.2 Å². The first-order valence-corrected chi connectivity index (χ1v) is 36.6. The SMILES string of the molecule is C.CCCOC(=O)CCN1CCC(CC2CCN(CCC(=O)OCCC)C2)C1.CCCOC(=O)CCN1CCC(CCCC2CCN(CCC(=O)OCCC)CC2)CC1.CCCOC(=O)CCN1CCCC(CC2CCCN(CCC(=O)OCCC)CC2)CC1. The Morgan fingerprint density at radius 3 is 0.789 bits per heavy atom. The number of carbonyl (C=O) groups excluding carboxylic acids is 6. The monoisotopic (exact) mass is 1280 g/mol. The van der Waals surface area contributed by atoms with Crippen molar-refractivity contribution >= 4 is 35.8 Å². The fourth-order valence-electron chi connectivity index (χ4n) is 13.8. The van der Waals surface area contributed by atoms with Crippen LogP contribution in [0.4, 0.5) is 0 Å². The molecule has 6 heterocycles. The van der Waals surface area contributed by atoms with Gasteiger partial charge in [-0.15, -0.1) is 0 Å². The molecule has 0 saturated carbocycles. The van der Waals surface area contributed by atoms with Gasteiger partial charge >= 0.3 is 35.8 Å². The van der Waals surface area contributed by atoms with Crippen LogP contribution in [0.25, 0.3) is 0 Å². The van der Waals surface area contributed by atoms with Crippen LogP contribution in [0.5, 0.6) is 0 Å². The van der Waals surface area contributed by atoms with Crippen LogP contribution in [0.1, 0.15) is 235 Å². The molecular weight excluding hydrogens is 1140 g/mol. The summed E-state index contributed by atoms with van der Waals surface area (Å²) in [6.07, 6.45) is 30.4. The highest BCUT2D eigenvalue weighted by atomic mass is 16.5. The van der Waals surface area contributed by atoms with Crippen molar-refractivity contribution in [2.75, 3.05) is 157 Å². The summed E-state index contributed by atoms with van der Waals surface area (Å²) in [7, 11) is 0. The molecule has 524 valence electrons. The number of hydrogen-bond donors (Lipinski definition) is 0. The van der Waals surface area contributed by atoms with Crippen LogP contribution in [0.15, 0.2) is 0 Å². The first-order valence-electron chi connectivity index (χ1n) is 36.6. The normalized spacial score (nSPS) is 21.9. The van der Waals surface area contributed by atoms with Crippen molar-refractivity contribution in [1.82, 2.24) is 29.4 Å². The molecule has 4 atom stereocenters. The number of nitrogens with zero attached hydrogens (tertiary/aromatic N) is 6. The molecule has 18 heteroatoms. The number of rotatable bonds is 38. The van der Waals surface area contributed by atoms with Crippen molar-refractivity contribution in [2.24, 2.45) is 35.5 Å². The van der Waals surface area contributed by atoms with Crippen LogP contribution >= 0.6 is 0 Å². The van der Waals surface area contributed by atoms with E-state index in [1.165, 1.54) is 109 Å². The third-order valence-corrected chi connectivity index (χ3v) is 19.2.